The molecule has 0 N–H and O–H groups in total. The van der Waals surface area contributed by atoms with Crippen molar-refractivity contribution < 1.29 is 9.53 Å². The Hall–Kier alpha value is -2.44. The topological polar surface area (TPSA) is 73.1 Å². The van der Waals surface area contributed by atoms with E-state index in [1.165, 1.54) is 11.0 Å². The van der Waals surface area contributed by atoms with Crippen LogP contribution in [0.1, 0.15) is 5.56 Å². The smallest absolute Gasteiger partial charge is 0.244 e. The molecule has 1 aliphatic rings. The van der Waals surface area contributed by atoms with Crippen LogP contribution in [-0.4, -0.2) is 44.2 Å². The van der Waals surface area contributed by atoms with Gasteiger partial charge in [0.15, 0.2) is 0 Å². The van der Waals surface area contributed by atoms with Crippen molar-refractivity contribution in [3.05, 3.63) is 36.2 Å². The molecule has 1 aromatic heterocycles. The summed E-state index contributed by atoms with van der Waals surface area (Å²) < 4.78 is 7.04. The molecule has 98 valence electrons. The highest BCUT2D eigenvalue weighted by atomic mass is 16.5. The summed E-state index contributed by atoms with van der Waals surface area (Å²) >= 11 is 0. The Morgan fingerprint density at radius 3 is 3.11 bits per heavy atom. The molecule has 0 radical (unpaired) electrons. The lowest BCUT2D eigenvalue weighted by atomic mass is 10.2. The van der Waals surface area contributed by atoms with E-state index in [9.17, 15) is 4.79 Å². The Labute approximate surface area is 109 Å². The highest BCUT2D eigenvalue weighted by Gasteiger charge is 2.19. The molecule has 7 nitrogen and oxygen atoms in total. The minimum atomic E-state index is -0.0207. The van der Waals surface area contributed by atoms with E-state index in [0.29, 0.717) is 19.7 Å². The lowest BCUT2D eigenvalue weighted by molar-refractivity contribution is -0.132. The van der Waals surface area contributed by atoms with Crippen LogP contribution in [0.3, 0.4) is 0 Å². The number of aromatic nitrogens is 4. The maximum Gasteiger partial charge on any atom is 0.244 e. The van der Waals surface area contributed by atoms with Gasteiger partial charge in [0, 0.05) is 12.1 Å². The van der Waals surface area contributed by atoms with E-state index in [4.69, 9.17) is 4.74 Å². The average molecular weight is 259 g/mol. The van der Waals surface area contributed by atoms with E-state index in [1.807, 2.05) is 24.3 Å². The van der Waals surface area contributed by atoms with E-state index in [-0.39, 0.29) is 12.5 Å². The standard InChI is InChI=1S/C12H13N5O2/c18-12(8-17-9-13-14-15-17)16-5-6-19-11-4-2-1-3-10(11)7-16/h1-4,9H,5-8H2. The Bertz CT molecular complexity index is 569. The number of ether oxygens (including phenoxy) is 1. The summed E-state index contributed by atoms with van der Waals surface area (Å²) in [5.41, 5.74) is 1.02. The molecule has 1 aliphatic heterocycles. The second-order valence-electron chi connectivity index (χ2n) is 4.28. The monoisotopic (exact) mass is 259 g/mol. The lowest BCUT2D eigenvalue weighted by Gasteiger charge is -2.19. The van der Waals surface area contributed by atoms with E-state index in [0.717, 1.165) is 11.3 Å². The molecular weight excluding hydrogens is 246 g/mol. The molecule has 0 bridgehead atoms. The Morgan fingerprint density at radius 1 is 1.37 bits per heavy atom. The van der Waals surface area contributed by atoms with Crippen molar-refractivity contribution in [3.8, 4) is 5.75 Å². The SMILES string of the molecule is O=C(Cn1cnnn1)N1CCOc2ccccc2C1. The van der Waals surface area contributed by atoms with Crippen LogP contribution in [-0.2, 0) is 17.9 Å². The number of para-hydroxylation sites is 1. The highest BCUT2D eigenvalue weighted by Crippen LogP contribution is 2.22. The summed E-state index contributed by atoms with van der Waals surface area (Å²) in [5, 5.41) is 10.7. The molecule has 0 saturated carbocycles. The van der Waals surface area contributed by atoms with Crippen LogP contribution in [0, 0.1) is 0 Å². The number of amides is 1. The van der Waals surface area contributed by atoms with E-state index < -0.39 is 0 Å². The van der Waals surface area contributed by atoms with Gasteiger partial charge in [-0.15, -0.1) is 5.10 Å². The molecule has 1 aromatic carbocycles. The number of hydrogen-bond donors (Lipinski definition) is 0. The predicted octanol–water partition coefficient (Wildman–Crippen LogP) is 0.0943. The zero-order valence-corrected chi connectivity index (χ0v) is 10.3. The van der Waals surface area contributed by atoms with Crippen LogP contribution in [0.4, 0.5) is 0 Å². The summed E-state index contributed by atoms with van der Waals surface area (Å²) in [5.74, 6) is 0.827. The maximum atomic E-state index is 12.2. The van der Waals surface area contributed by atoms with Gasteiger partial charge < -0.3 is 9.64 Å². The second-order valence-corrected chi connectivity index (χ2v) is 4.28. The first-order valence-electron chi connectivity index (χ1n) is 6.02. The number of hydrogen-bond acceptors (Lipinski definition) is 5. The Morgan fingerprint density at radius 2 is 2.26 bits per heavy atom. The summed E-state index contributed by atoms with van der Waals surface area (Å²) in [6, 6.07) is 7.76. The van der Waals surface area contributed by atoms with Gasteiger partial charge in [-0.3, -0.25) is 4.79 Å². The van der Waals surface area contributed by atoms with Crippen molar-refractivity contribution in [2.45, 2.75) is 13.1 Å². The molecule has 0 aliphatic carbocycles. The molecule has 2 heterocycles. The van der Waals surface area contributed by atoms with E-state index >= 15 is 0 Å². The van der Waals surface area contributed by atoms with E-state index in [1.54, 1.807) is 4.90 Å². The first-order chi connectivity index (χ1) is 9.33. The first-order valence-corrected chi connectivity index (χ1v) is 6.02. The average Bonchev–Trinajstić information content (AvgIpc) is 2.82. The van der Waals surface area contributed by atoms with Crippen LogP contribution < -0.4 is 4.74 Å². The van der Waals surface area contributed by atoms with E-state index in [2.05, 4.69) is 15.5 Å². The van der Waals surface area contributed by atoms with Crippen LogP contribution in [0.15, 0.2) is 30.6 Å². The van der Waals surface area contributed by atoms with Crippen molar-refractivity contribution in [1.82, 2.24) is 25.1 Å². The van der Waals surface area contributed by atoms with Crippen LogP contribution in [0.2, 0.25) is 0 Å². The minimum absolute atomic E-state index is 0.0207. The van der Waals surface area contributed by atoms with Crippen LogP contribution >= 0.6 is 0 Å². The fourth-order valence-corrected chi connectivity index (χ4v) is 2.03. The van der Waals surface area contributed by atoms with Crippen molar-refractivity contribution in [1.29, 1.82) is 0 Å². The molecule has 7 heteroatoms. The highest BCUT2D eigenvalue weighted by molar-refractivity contribution is 5.76. The fourth-order valence-electron chi connectivity index (χ4n) is 2.03. The first kappa shape index (κ1) is 11.6. The minimum Gasteiger partial charge on any atom is -0.491 e. The summed E-state index contributed by atoms with van der Waals surface area (Å²) in [7, 11) is 0. The third kappa shape index (κ3) is 2.54. The maximum absolute atomic E-state index is 12.2. The van der Waals surface area contributed by atoms with Crippen molar-refractivity contribution in [2.75, 3.05) is 13.2 Å². The van der Waals surface area contributed by atoms with Crippen LogP contribution in [0.5, 0.6) is 5.75 Å². The molecule has 19 heavy (non-hydrogen) atoms. The zero-order chi connectivity index (χ0) is 13.1. The summed E-state index contributed by atoms with van der Waals surface area (Å²) in [6.07, 6.45) is 1.43. The van der Waals surface area contributed by atoms with Gasteiger partial charge in [-0.25, -0.2) is 4.68 Å². The predicted molar refractivity (Wildman–Crippen MR) is 65.2 cm³/mol. The number of nitrogens with zero attached hydrogens (tertiary/aromatic N) is 5. The lowest BCUT2D eigenvalue weighted by Crippen LogP contribution is -2.35. The molecule has 0 spiro atoms. The molecule has 0 saturated heterocycles. The number of carbonyl (C=O) groups is 1. The second kappa shape index (κ2) is 5.05. The third-order valence-electron chi connectivity index (χ3n) is 2.99. The molecular formula is C12H13N5O2. The van der Waals surface area contributed by atoms with Gasteiger partial charge in [-0.2, -0.15) is 0 Å². The number of fused-ring (bicyclic) bond motifs is 1. The fraction of sp³-hybridized carbons (Fsp3) is 0.333. The molecule has 0 atom stereocenters. The quantitative estimate of drug-likeness (QED) is 0.764. The molecule has 1 amide bonds. The third-order valence-corrected chi connectivity index (χ3v) is 2.99. The Balaban J connectivity index is 1.73. The van der Waals surface area contributed by atoms with Gasteiger partial charge in [0.1, 0.15) is 25.2 Å². The van der Waals surface area contributed by atoms with Crippen molar-refractivity contribution in [3.63, 3.8) is 0 Å². The number of tetrazole rings is 1. The van der Waals surface area contributed by atoms with Crippen molar-refractivity contribution in [2.24, 2.45) is 0 Å². The van der Waals surface area contributed by atoms with Gasteiger partial charge in [-0.05, 0) is 16.5 Å². The normalized spacial score (nSPS) is 14.4. The summed E-state index contributed by atoms with van der Waals surface area (Å²) in [4.78, 5) is 13.9. The molecule has 0 fully saturated rings. The van der Waals surface area contributed by atoms with Crippen LogP contribution in [0.25, 0.3) is 0 Å². The Kier molecular flexibility index (Phi) is 3.09. The van der Waals surface area contributed by atoms with Gasteiger partial charge >= 0.3 is 0 Å². The largest absolute Gasteiger partial charge is 0.491 e. The molecule has 3 rings (SSSR count). The van der Waals surface area contributed by atoms with Crippen molar-refractivity contribution >= 4 is 5.91 Å². The van der Waals surface area contributed by atoms with Gasteiger partial charge in [-0.1, -0.05) is 18.2 Å². The van der Waals surface area contributed by atoms with Gasteiger partial charge in [0.05, 0.1) is 6.54 Å². The molecule has 0 unspecified atom stereocenters. The number of benzene rings is 1. The number of carbonyl (C=O) groups excluding carboxylic acids is 1. The number of rotatable bonds is 2. The zero-order valence-electron chi connectivity index (χ0n) is 10.3. The molecule has 2 aromatic rings. The summed E-state index contributed by atoms with van der Waals surface area (Å²) in [6.45, 7) is 1.76. The van der Waals surface area contributed by atoms with Gasteiger partial charge in [0.2, 0.25) is 5.91 Å². The van der Waals surface area contributed by atoms with Gasteiger partial charge in [0.25, 0.3) is 0 Å².